The maximum Gasteiger partial charge on any atom is 0.0341 e. The first-order chi connectivity index (χ1) is 7.75. The van der Waals surface area contributed by atoms with Crippen LogP contribution in [0.5, 0.6) is 0 Å². The zero-order valence-corrected chi connectivity index (χ0v) is 9.82. The molecule has 0 aromatic heterocycles. The summed E-state index contributed by atoms with van der Waals surface area (Å²) in [5, 5.41) is 3.68. The molecule has 0 aliphatic heterocycles. The van der Waals surface area contributed by atoms with Crippen LogP contribution in [0.3, 0.4) is 0 Å². The number of hydrogen-bond acceptors (Lipinski definition) is 2. The van der Waals surface area contributed by atoms with Crippen LogP contribution in [0, 0.1) is 11.8 Å². The number of benzene rings is 1. The predicted molar refractivity (Wildman–Crippen MR) is 66.0 cm³/mol. The van der Waals surface area contributed by atoms with E-state index in [9.17, 15) is 0 Å². The molecule has 1 aromatic carbocycles. The minimum Gasteiger partial charge on any atom is -0.324 e. The van der Waals surface area contributed by atoms with Gasteiger partial charge in [0.1, 0.15) is 0 Å². The van der Waals surface area contributed by atoms with Crippen LogP contribution in [-0.2, 0) is 0 Å². The van der Waals surface area contributed by atoms with Gasteiger partial charge in [-0.05, 0) is 42.3 Å². The van der Waals surface area contributed by atoms with E-state index in [-0.39, 0.29) is 6.04 Å². The van der Waals surface area contributed by atoms with Crippen molar-refractivity contribution in [1.82, 2.24) is 5.32 Å². The number of nitrogens with one attached hydrogen (secondary N) is 1. The van der Waals surface area contributed by atoms with Crippen LogP contribution in [0.1, 0.15) is 43.0 Å². The molecule has 2 aliphatic rings. The largest absolute Gasteiger partial charge is 0.324 e. The van der Waals surface area contributed by atoms with Gasteiger partial charge in [-0.15, -0.1) is 0 Å². The highest BCUT2D eigenvalue weighted by Gasteiger charge is 2.34. The lowest BCUT2D eigenvalue weighted by molar-refractivity contribution is 0.479. The molecule has 0 radical (unpaired) electrons. The summed E-state index contributed by atoms with van der Waals surface area (Å²) in [4.78, 5) is 0. The zero-order chi connectivity index (χ0) is 11.1. The fraction of sp³-hybridized carbons (Fsp3) is 0.571. The van der Waals surface area contributed by atoms with Crippen molar-refractivity contribution in [3.63, 3.8) is 0 Å². The van der Waals surface area contributed by atoms with E-state index in [0.29, 0.717) is 6.04 Å². The maximum absolute atomic E-state index is 6.15. The predicted octanol–water partition coefficient (Wildman–Crippen LogP) is 2.38. The molecule has 1 fully saturated rings. The third-order valence-electron chi connectivity index (χ3n) is 4.16. The van der Waals surface area contributed by atoms with E-state index in [1.807, 2.05) is 0 Å². The molecule has 2 nitrogen and oxygen atoms in total. The van der Waals surface area contributed by atoms with Gasteiger partial charge in [-0.25, -0.2) is 0 Å². The molecule has 16 heavy (non-hydrogen) atoms. The lowest BCUT2D eigenvalue weighted by Crippen LogP contribution is -2.22. The summed E-state index contributed by atoms with van der Waals surface area (Å²) >= 11 is 0. The fourth-order valence-electron chi connectivity index (χ4n) is 2.84. The second-order valence-electron chi connectivity index (χ2n) is 5.41. The first-order valence-electron chi connectivity index (χ1n) is 6.33. The summed E-state index contributed by atoms with van der Waals surface area (Å²) in [6.07, 6.45) is 2.45. The normalized spacial score (nSPS) is 36.1. The molecule has 86 valence electrons. The molecular formula is C14H20N2. The molecule has 0 spiro atoms. The lowest BCUT2D eigenvalue weighted by Gasteiger charge is -2.13. The van der Waals surface area contributed by atoms with Crippen molar-refractivity contribution in [3.05, 3.63) is 35.4 Å². The van der Waals surface area contributed by atoms with E-state index in [1.165, 1.54) is 17.5 Å². The van der Waals surface area contributed by atoms with Gasteiger partial charge in [0, 0.05) is 12.1 Å². The van der Waals surface area contributed by atoms with Crippen molar-refractivity contribution in [2.75, 3.05) is 6.54 Å². The first kappa shape index (κ1) is 10.3. The van der Waals surface area contributed by atoms with Gasteiger partial charge < -0.3 is 11.1 Å². The minimum absolute atomic E-state index is 0.227. The maximum atomic E-state index is 6.15. The van der Waals surface area contributed by atoms with Crippen molar-refractivity contribution in [2.45, 2.75) is 31.8 Å². The summed E-state index contributed by atoms with van der Waals surface area (Å²) in [6, 6.07) is 9.30. The fourth-order valence-corrected chi connectivity index (χ4v) is 2.84. The highest BCUT2D eigenvalue weighted by atomic mass is 14.9. The number of nitrogens with two attached hydrogens (primary N) is 1. The highest BCUT2D eigenvalue weighted by molar-refractivity contribution is 5.37. The van der Waals surface area contributed by atoms with Crippen LogP contribution in [0.15, 0.2) is 24.3 Å². The van der Waals surface area contributed by atoms with Crippen LogP contribution >= 0.6 is 0 Å². The molecule has 4 atom stereocenters. The van der Waals surface area contributed by atoms with Gasteiger partial charge >= 0.3 is 0 Å². The molecular weight excluding hydrogens is 196 g/mol. The van der Waals surface area contributed by atoms with Crippen LogP contribution < -0.4 is 11.1 Å². The Bertz CT molecular complexity index is 388. The number of hydrogen-bond donors (Lipinski definition) is 2. The molecule has 0 heterocycles. The van der Waals surface area contributed by atoms with E-state index in [2.05, 4.69) is 36.5 Å². The average molecular weight is 216 g/mol. The Balaban J connectivity index is 1.68. The van der Waals surface area contributed by atoms with Gasteiger partial charge in [0.05, 0.1) is 0 Å². The Morgan fingerprint density at radius 3 is 2.62 bits per heavy atom. The van der Waals surface area contributed by atoms with E-state index < -0.39 is 0 Å². The van der Waals surface area contributed by atoms with Gasteiger partial charge in [-0.1, -0.05) is 31.2 Å². The molecule has 2 heteroatoms. The molecule has 0 amide bonds. The molecule has 3 rings (SSSR count). The Kier molecular flexibility index (Phi) is 2.49. The van der Waals surface area contributed by atoms with E-state index in [1.54, 1.807) is 0 Å². The Morgan fingerprint density at radius 1 is 1.25 bits per heavy atom. The van der Waals surface area contributed by atoms with E-state index in [4.69, 9.17) is 5.73 Å². The van der Waals surface area contributed by atoms with Crippen molar-refractivity contribution in [1.29, 1.82) is 0 Å². The smallest absolute Gasteiger partial charge is 0.0341 e. The third kappa shape index (κ3) is 1.76. The number of rotatable bonds is 3. The topological polar surface area (TPSA) is 38.0 Å². The van der Waals surface area contributed by atoms with Crippen molar-refractivity contribution in [3.8, 4) is 0 Å². The summed E-state index contributed by atoms with van der Waals surface area (Å²) in [7, 11) is 0. The molecule has 1 saturated carbocycles. The van der Waals surface area contributed by atoms with E-state index >= 15 is 0 Å². The molecule has 0 saturated heterocycles. The van der Waals surface area contributed by atoms with Crippen molar-refractivity contribution in [2.24, 2.45) is 17.6 Å². The molecule has 2 aliphatic carbocycles. The monoisotopic (exact) mass is 216 g/mol. The Hall–Kier alpha value is -0.860. The van der Waals surface area contributed by atoms with Gasteiger partial charge in [0.2, 0.25) is 0 Å². The van der Waals surface area contributed by atoms with Crippen LogP contribution in [0.25, 0.3) is 0 Å². The van der Waals surface area contributed by atoms with Crippen LogP contribution in [-0.4, -0.2) is 6.54 Å². The first-order valence-corrected chi connectivity index (χ1v) is 6.33. The van der Waals surface area contributed by atoms with Gasteiger partial charge in [0.25, 0.3) is 0 Å². The second-order valence-corrected chi connectivity index (χ2v) is 5.41. The Labute approximate surface area is 97.2 Å². The van der Waals surface area contributed by atoms with Gasteiger partial charge in [0.15, 0.2) is 0 Å². The third-order valence-corrected chi connectivity index (χ3v) is 4.16. The second kappa shape index (κ2) is 3.86. The lowest BCUT2D eigenvalue weighted by atomic mass is 10.1. The number of fused-ring (bicyclic) bond motifs is 1. The standard InChI is InChI=1S/C14H20N2/c1-9-6-10(9)8-16-14-7-13(15)11-4-2-3-5-12(11)14/h2-5,9-10,13-14,16H,6-8,15H2,1H3. The summed E-state index contributed by atoms with van der Waals surface area (Å²) < 4.78 is 0. The van der Waals surface area contributed by atoms with Gasteiger partial charge in [-0.2, -0.15) is 0 Å². The molecule has 0 bridgehead atoms. The molecule has 1 aromatic rings. The quantitative estimate of drug-likeness (QED) is 0.814. The summed E-state index contributed by atoms with van der Waals surface area (Å²) in [5.74, 6) is 1.84. The van der Waals surface area contributed by atoms with E-state index in [0.717, 1.165) is 24.8 Å². The molecule has 3 N–H and O–H groups in total. The zero-order valence-electron chi connectivity index (χ0n) is 9.82. The average Bonchev–Trinajstić information content (AvgIpc) is 2.90. The van der Waals surface area contributed by atoms with Crippen molar-refractivity contribution < 1.29 is 0 Å². The summed E-state index contributed by atoms with van der Waals surface area (Å²) in [6.45, 7) is 3.49. The summed E-state index contributed by atoms with van der Waals surface area (Å²) in [5.41, 5.74) is 8.90. The van der Waals surface area contributed by atoms with Crippen LogP contribution in [0.4, 0.5) is 0 Å². The van der Waals surface area contributed by atoms with Gasteiger partial charge in [-0.3, -0.25) is 0 Å². The minimum atomic E-state index is 0.227. The molecule has 4 unspecified atom stereocenters. The van der Waals surface area contributed by atoms with Crippen molar-refractivity contribution >= 4 is 0 Å². The van der Waals surface area contributed by atoms with Crippen LogP contribution in [0.2, 0.25) is 0 Å². The highest BCUT2D eigenvalue weighted by Crippen LogP contribution is 2.40. The SMILES string of the molecule is CC1CC1CNC1CC(N)c2ccccc21. The Morgan fingerprint density at radius 2 is 1.94 bits per heavy atom.